The van der Waals surface area contributed by atoms with E-state index < -0.39 is 0 Å². The van der Waals surface area contributed by atoms with Crippen molar-refractivity contribution in [1.29, 1.82) is 0 Å². The first-order chi connectivity index (χ1) is 7.76. The van der Waals surface area contributed by atoms with E-state index in [0.29, 0.717) is 0 Å². The topological polar surface area (TPSA) is 35.2 Å². The van der Waals surface area contributed by atoms with Crippen molar-refractivity contribution in [2.45, 2.75) is 37.6 Å². The second kappa shape index (κ2) is 3.77. The summed E-state index contributed by atoms with van der Waals surface area (Å²) in [5.74, 6) is 1.80. The minimum atomic E-state index is -0.0466. The highest BCUT2D eigenvalue weighted by Gasteiger charge is 2.34. The second-order valence-electron chi connectivity index (χ2n) is 5.29. The van der Waals surface area contributed by atoms with Crippen molar-refractivity contribution in [2.75, 3.05) is 6.61 Å². The zero-order chi connectivity index (χ0) is 11.0. The average molecular weight is 217 g/mol. The maximum atomic E-state index is 6.27. The van der Waals surface area contributed by atoms with Crippen LogP contribution in [0.25, 0.3) is 0 Å². The summed E-state index contributed by atoms with van der Waals surface area (Å²) in [6, 6.07) is 8.37. The summed E-state index contributed by atoms with van der Waals surface area (Å²) in [4.78, 5) is 0. The number of nitrogens with two attached hydrogens (primary N) is 1. The van der Waals surface area contributed by atoms with Crippen molar-refractivity contribution < 1.29 is 4.74 Å². The lowest BCUT2D eigenvalue weighted by molar-refractivity contribution is 0.253. The number of rotatable bonds is 4. The van der Waals surface area contributed by atoms with Gasteiger partial charge in [0.2, 0.25) is 0 Å². The fraction of sp³-hybridized carbons (Fsp3) is 0.571. The number of ether oxygens (including phenoxy) is 1. The number of hydrogen-bond donors (Lipinski definition) is 1. The fourth-order valence-electron chi connectivity index (χ4n) is 2.23. The Morgan fingerprint density at radius 1 is 1.19 bits per heavy atom. The first kappa shape index (κ1) is 10.2. The van der Waals surface area contributed by atoms with Crippen LogP contribution in [0.4, 0.5) is 0 Å². The van der Waals surface area contributed by atoms with Crippen LogP contribution in [0.5, 0.6) is 5.75 Å². The van der Waals surface area contributed by atoms with Gasteiger partial charge >= 0.3 is 0 Å². The van der Waals surface area contributed by atoms with Crippen molar-refractivity contribution in [2.24, 2.45) is 11.7 Å². The molecule has 0 radical (unpaired) electrons. The Hall–Kier alpha value is -1.02. The van der Waals surface area contributed by atoms with E-state index >= 15 is 0 Å². The number of hydrogen-bond acceptors (Lipinski definition) is 2. The van der Waals surface area contributed by atoms with Gasteiger partial charge in [-0.05, 0) is 55.7 Å². The summed E-state index contributed by atoms with van der Waals surface area (Å²) in [5.41, 5.74) is 7.48. The third-order valence-corrected chi connectivity index (χ3v) is 3.86. The summed E-state index contributed by atoms with van der Waals surface area (Å²) in [6.07, 6.45) is 6.18. The van der Waals surface area contributed by atoms with Gasteiger partial charge in [0.25, 0.3) is 0 Å². The monoisotopic (exact) mass is 217 g/mol. The molecule has 0 spiro atoms. The van der Waals surface area contributed by atoms with E-state index in [-0.39, 0.29) is 5.54 Å². The van der Waals surface area contributed by atoms with Gasteiger partial charge in [0.1, 0.15) is 5.75 Å². The van der Waals surface area contributed by atoms with E-state index in [1.807, 2.05) is 0 Å². The van der Waals surface area contributed by atoms with E-state index in [0.717, 1.165) is 31.1 Å². The molecule has 0 unspecified atom stereocenters. The summed E-state index contributed by atoms with van der Waals surface area (Å²) >= 11 is 0. The molecule has 86 valence electrons. The molecule has 0 amide bonds. The van der Waals surface area contributed by atoms with Crippen LogP contribution in [0.15, 0.2) is 24.3 Å². The molecule has 0 saturated heterocycles. The smallest absolute Gasteiger partial charge is 0.119 e. The standard InChI is InChI=1S/C14H19NO/c15-14(8-1-9-14)12-4-6-13(7-5-12)16-10-11-2-3-11/h4-7,11H,1-3,8-10,15H2. The molecular weight excluding hydrogens is 198 g/mol. The van der Waals surface area contributed by atoms with Gasteiger partial charge in [0, 0.05) is 5.54 Å². The lowest BCUT2D eigenvalue weighted by Gasteiger charge is -2.38. The molecule has 2 saturated carbocycles. The fourth-order valence-corrected chi connectivity index (χ4v) is 2.23. The SMILES string of the molecule is NC1(c2ccc(OCC3CC3)cc2)CCC1. The Kier molecular flexibility index (Phi) is 2.40. The molecule has 2 aliphatic carbocycles. The first-order valence-corrected chi connectivity index (χ1v) is 6.28. The van der Waals surface area contributed by atoms with Crippen molar-refractivity contribution in [3.05, 3.63) is 29.8 Å². The third kappa shape index (κ3) is 1.94. The van der Waals surface area contributed by atoms with Gasteiger partial charge in [-0.2, -0.15) is 0 Å². The quantitative estimate of drug-likeness (QED) is 0.841. The van der Waals surface area contributed by atoms with E-state index in [2.05, 4.69) is 24.3 Å². The second-order valence-corrected chi connectivity index (χ2v) is 5.29. The zero-order valence-electron chi connectivity index (χ0n) is 9.61. The lowest BCUT2D eigenvalue weighted by atomic mass is 9.73. The van der Waals surface area contributed by atoms with E-state index in [4.69, 9.17) is 10.5 Å². The normalized spacial score (nSPS) is 22.6. The molecule has 1 aromatic carbocycles. The first-order valence-electron chi connectivity index (χ1n) is 6.28. The van der Waals surface area contributed by atoms with Gasteiger partial charge < -0.3 is 10.5 Å². The largest absolute Gasteiger partial charge is 0.493 e. The summed E-state index contributed by atoms with van der Waals surface area (Å²) < 4.78 is 5.71. The molecule has 2 aliphatic rings. The molecule has 0 bridgehead atoms. The molecule has 2 fully saturated rings. The highest BCUT2D eigenvalue weighted by atomic mass is 16.5. The molecule has 2 heteroatoms. The Bertz CT molecular complexity index is 363. The van der Waals surface area contributed by atoms with Crippen LogP contribution in [0, 0.1) is 5.92 Å². The average Bonchev–Trinajstić information content (AvgIpc) is 3.08. The van der Waals surface area contributed by atoms with Gasteiger partial charge in [0.15, 0.2) is 0 Å². The van der Waals surface area contributed by atoms with Crippen LogP contribution in [-0.2, 0) is 5.54 Å². The van der Waals surface area contributed by atoms with Crippen LogP contribution in [0.1, 0.15) is 37.7 Å². The molecule has 2 nitrogen and oxygen atoms in total. The van der Waals surface area contributed by atoms with Crippen molar-refractivity contribution in [3.63, 3.8) is 0 Å². The summed E-state index contributed by atoms with van der Waals surface area (Å²) in [6.45, 7) is 0.882. The molecule has 0 aromatic heterocycles. The van der Waals surface area contributed by atoms with E-state index in [1.165, 1.54) is 24.8 Å². The zero-order valence-corrected chi connectivity index (χ0v) is 9.61. The Labute approximate surface area is 96.8 Å². The van der Waals surface area contributed by atoms with Gasteiger partial charge in [-0.15, -0.1) is 0 Å². The van der Waals surface area contributed by atoms with Crippen LogP contribution < -0.4 is 10.5 Å². The van der Waals surface area contributed by atoms with Gasteiger partial charge in [-0.1, -0.05) is 12.1 Å². The van der Waals surface area contributed by atoms with Crippen molar-refractivity contribution in [1.82, 2.24) is 0 Å². The van der Waals surface area contributed by atoms with Crippen molar-refractivity contribution in [3.8, 4) is 5.75 Å². The molecular formula is C14H19NO. The summed E-state index contributed by atoms with van der Waals surface area (Å²) in [7, 11) is 0. The van der Waals surface area contributed by atoms with Crippen LogP contribution in [-0.4, -0.2) is 6.61 Å². The molecule has 2 N–H and O–H groups in total. The molecule has 0 heterocycles. The Morgan fingerprint density at radius 3 is 2.38 bits per heavy atom. The van der Waals surface area contributed by atoms with Gasteiger partial charge in [-0.3, -0.25) is 0 Å². The Balaban J connectivity index is 1.64. The summed E-state index contributed by atoms with van der Waals surface area (Å²) in [5, 5.41) is 0. The highest BCUT2D eigenvalue weighted by molar-refractivity contribution is 5.33. The predicted molar refractivity (Wildman–Crippen MR) is 64.4 cm³/mol. The van der Waals surface area contributed by atoms with Crippen LogP contribution in [0.3, 0.4) is 0 Å². The molecule has 0 atom stereocenters. The van der Waals surface area contributed by atoms with Crippen molar-refractivity contribution >= 4 is 0 Å². The lowest BCUT2D eigenvalue weighted by Crippen LogP contribution is -2.43. The third-order valence-electron chi connectivity index (χ3n) is 3.86. The van der Waals surface area contributed by atoms with Crippen LogP contribution in [0.2, 0.25) is 0 Å². The molecule has 1 aromatic rings. The minimum Gasteiger partial charge on any atom is -0.493 e. The molecule has 16 heavy (non-hydrogen) atoms. The highest BCUT2D eigenvalue weighted by Crippen LogP contribution is 2.39. The Morgan fingerprint density at radius 2 is 1.88 bits per heavy atom. The maximum absolute atomic E-state index is 6.27. The van der Waals surface area contributed by atoms with Gasteiger partial charge in [-0.25, -0.2) is 0 Å². The van der Waals surface area contributed by atoms with Gasteiger partial charge in [0.05, 0.1) is 6.61 Å². The van der Waals surface area contributed by atoms with E-state index in [1.54, 1.807) is 0 Å². The molecule has 0 aliphatic heterocycles. The molecule has 3 rings (SSSR count). The number of benzene rings is 1. The van der Waals surface area contributed by atoms with E-state index in [9.17, 15) is 0 Å². The predicted octanol–water partition coefficient (Wildman–Crippen LogP) is 2.81. The maximum Gasteiger partial charge on any atom is 0.119 e. The minimum absolute atomic E-state index is 0.0466. The van der Waals surface area contributed by atoms with Crippen LogP contribution >= 0.6 is 0 Å².